The quantitative estimate of drug-likeness (QED) is 0.483. The summed E-state index contributed by atoms with van der Waals surface area (Å²) < 4.78 is 47.1. The van der Waals surface area contributed by atoms with E-state index in [9.17, 15) is 13.6 Å². The molecule has 13 heteroatoms. The van der Waals surface area contributed by atoms with Gasteiger partial charge < -0.3 is 15.5 Å². The maximum absolute atomic E-state index is 15.0. The second-order valence-corrected chi connectivity index (χ2v) is 7.82. The van der Waals surface area contributed by atoms with Crippen LogP contribution in [0.4, 0.5) is 24.9 Å². The molecule has 1 fully saturated rings. The monoisotopic (exact) mass is 459 g/mol. The van der Waals surface area contributed by atoms with Gasteiger partial charge >= 0.3 is 0 Å². The molecule has 5 rings (SSSR count). The van der Waals surface area contributed by atoms with Crippen LogP contribution >= 0.6 is 0 Å². The van der Waals surface area contributed by atoms with E-state index in [4.69, 9.17) is 0 Å². The Bertz CT molecular complexity index is 1370. The topological polar surface area (TPSA) is 105 Å². The van der Waals surface area contributed by atoms with Crippen LogP contribution in [0.15, 0.2) is 30.7 Å². The minimum atomic E-state index is -3.18. The van der Waals surface area contributed by atoms with Gasteiger partial charge in [-0.1, -0.05) is 0 Å². The van der Waals surface area contributed by atoms with Crippen LogP contribution in [-0.2, 0) is 4.79 Å². The molecule has 0 saturated carbocycles. The number of carbonyl (C=O) groups excluding carboxylic acids is 1. The summed E-state index contributed by atoms with van der Waals surface area (Å²) in [7, 11) is 1.59. The number of anilines is 2. The van der Waals surface area contributed by atoms with Gasteiger partial charge in [-0.05, 0) is 18.6 Å². The first-order valence-electron chi connectivity index (χ1n) is 10.2. The molecule has 4 aromatic heterocycles. The highest BCUT2D eigenvalue weighted by atomic mass is 19.3. The molecular formula is C20H20F3N9O. The number of carbonyl (C=O) groups is 1. The van der Waals surface area contributed by atoms with E-state index in [0.29, 0.717) is 16.9 Å². The van der Waals surface area contributed by atoms with Crippen molar-refractivity contribution in [2.45, 2.75) is 25.3 Å². The first kappa shape index (κ1) is 21.0. The SMILES string of the molecule is CNc1nc(N[C@@H]2CCN(C(C)=O)CC2(F)F)nn2cc(F)c(-c3ccc4nccn4n3)c12. The Labute approximate surface area is 185 Å². The zero-order valence-electron chi connectivity index (χ0n) is 17.8. The molecule has 0 aromatic carbocycles. The molecule has 33 heavy (non-hydrogen) atoms. The second kappa shape index (κ2) is 7.60. The van der Waals surface area contributed by atoms with Crippen molar-refractivity contribution in [3.63, 3.8) is 0 Å². The first-order valence-corrected chi connectivity index (χ1v) is 10.2. The maximum atomic E-state index is 15.0. The number of amides is 1. The fourth-order valence-corrected chi connectivity index (χ4v) is 4.02. The Morgan fingerprint density at radius 3 is 2.79 bits per heavy atom. The zero-order valence-corrected chi connectivity index (χ0v) is 17.8. The van der Waals surface area contributed by atoms with Gasteiger partial charge in [0.2, 0.25) is 11.9 Å². The number of hydrogen-bond acceptors (Lipinski definition) is 7. The van der Waals surface area contributed by atoms with Crippen molar-refractivity contribution >= 4 is 28.8 Å². The standard InChI is InChI=1S/C20H20F3N9O/c1-11(33)30-7-5-14(20(22,23)10-30)26-19-27-18(24-2)17-16(12(21)9-32(17)29-19)13-3-4-15-25-6-8-31(15)28-13/h3-4,6,8-9,14H,5,7,10H2,1-2H3,(H2,24,26,27,29)/t14-/m1/s1. The Balaban J connectivity index is 1.52. The maximum Gasteiger partial charge on any atom is 0.285 e. The summed E-state index contributed by atoms with van der Waals surface area (Å²) in [4.78, 5) is 21.0. The molecule has 0 bridgehead atoms. The van der Waals surface area contributed by atoms with E-state index in [1.54, 1.807) is 31.6 Å². The minimum absolute atomic E-state index is 0.0169. The molecule has 10 nitrogen and oxygen atoms in total. The number of alkyl halides is 2. The van der Waals surface area contributed by atoms with Crippen LogP contribution in [0.25, 0.3) is 22.4 Å². The summed E-state index contributed by atoms with van der Waals surface area (Å²) >= 11 is 0. The van der Waals surface area contributed by atoms with Gasteiger partial charge in [0.15, 0.2) is 17.3 Å². The van der Waals surface area contributed by atoms with Crippen molar-refractivity contribution in [3.8, 4) is 11.3 Å². The van der Waals surface area contributed by atoms with Crippen molar-refractivity contribution < 1.29 is 18.0 Å². The van der Waals surface area contributed by atoms with Gasteiger partial charge in [0.25, 0.3) is 5.92 Å². The molecule has 1 atom stereocenters. The molecule has 4 aromatic rings. The third-order valence-corrected chi connectivity index (χ3v) is 5.68. The van der Waals surface area contributed by atoms with Gasteiger partial charge in [-0.15, -0.1) is 5.10 Å². The number of halogens is 3. The number of likely N-dealkylation sites (tertiary alicyclic amines) is 1. The fraction of sp³-hybridized carbons (Fsp3) is 0.350. The van der Waals surface area contributed by atoms with E-state index in [-0.39, 0.29) is 30.3 Å². The van der Waals surface area contributed by atoms with Gasteiger partial charge in [-0.3, -0.25) is 4.79 Å². The zero-order chi connectivity index (χ0) is 23.3. The molecule has 172 valence electrons. The Morgan fingerprint density at radius 2 is 2.06 bits per heavy atom. The predicted molar refractivity (Wildman–Crippen MR) is 114 cm³/mol. The molecule has 1 saturated heterocycles. The number of rotatable bonds is 4. The number of hydrogen-bond donors (Lipinski definition) is 2. The molecule has 1 amide bonds. The fourth-order valence-electron chi connectivity index (χ4n) is 4.02. The summed E-state index contributed by atoms with van der Waals surface area (Å²) in [6.07, 6.45) is 4.39. The highest BCUT2D eigenvalue weighted by molar-refractivity contribution is 5.88. The van der Waals surface area contributed by atoms with Crippen molar-refractivity contribution in [2.75, 3.05) is 30.8 Å². The molecule has 0 radical (unpaired) electrons. The van der Waals surface area contributed by atoms with Crippen LogP contribution in [0.5, 0.6) is 0 Å². The third-order valence-electron chi connectivity index (χ3n) is 5.68. The molecule has 1 aliphatic rings. The van der Waals surface area contributed by atoms with Gasteiger partial charge in [0.1, 0.15) is 5.52 Å². The lowest BCUT2D eigenvalue weighted by molar-refractivity contribution is -0.140. The average Bonchev–Trinajstić information content (AvgIpc) is 3.36. The van der Waals surface area contributed by atoms with E-state index >= 15 is 4.39 Å². The largest absolute Gasteiger partial charge is 0.371 e. The predicted octanol–water partition coefficient (Wildman–Crippen LogP) is 2.29. The van der Waals surface area contributed by atoms with E-state index in [1.807, 2.05) is 0 Å². The normalized spacial score (nSPS) is 18.1. The summed E-state index contributed by atoms with van der Waals surface area (Å²) in [5, 5.41) is 14.1. The number of nitrogens with one attached hydrogen (secondary N) is 2. The summed E-state index contributed by atoms with van der Waals surface area (Å²) in [5.41, 5.74) is 1.42. The number of aromatic nitrogens is 6. The van der Waals surface area contributed by atoms with Gasteiger partial charge in [0.05, 0.1) is 30.0 Å². The average molecular weight is 459 g/mol. The number of fused-ring (bicyclic) bond motifs is 2. The van der Waals surface area contributed by atoms with Crippen LogP contribution in [0.1, 0.15) is 13.3 Å². The minimum Gasteiger partial charge on any atom is -0.371 e. The smallest absolute Gasteiger partial charge is 0.285 e. The molecule has 0 unspecified atom stereocenters. The Kier molecular flexibility index (Phi) is 4.83. The van der Waals surface area contributed by atoms with Gasteiger partial charge in [0, 0.05) is 32.9 Å². The van der Waals surface area contributed by atoms with E-state index in [0.717, 1.165) is 11.1 Å². The molecule has 0 spiro atoms. The third kappa shape index (κ3) is 3.58. The summed E-state index contributed by atoms with van der Waals surface area (Å²) in [5.74, 6) is -4.03. The molecular weight excluding hydrogens is 439 g/mol. The van der Waals surface area contributed by atoms with E-state index in [2.05, 4.69) is 30.8 Å². The van der Waals surface area contributed by atoms with Crippen molar-refractivity contribution in [2.24, 2.45) is 0 Å². The van der Waals surface area contributed by atoms with E-state index < -0.39 is 30.2 Å². The number of piperidine rings is 1. The second-order valence-electron chi connectivity index (χ2n) is 7.82. The van der Waals surface area contributed by atoms with Crippen molar-refractivity contribution in [3.05, 3.63) is 36.5 Å². The van der Waals surface area contributed by atoms with Crippen LogP contribution in [-0.4, -0.2) is 72.1 Å². The van der Waals surface area contributed by atoms with Gasteiger partial charge in [-0.2, -0.15) is 10.1 Å². The van der Waals surface area contributed by atoms with Crippen molar-refractivity contribution in [1.82, 2.24) is 34.1 Å². The summed E-state index contributed by atoms with van der Waals surface area (Å²) in [6.45, 7) is 0.762. The Morgan fingerprint density at radius 1 is 1.24 bits per heavy atom. The van der Waals surface area contributed by atoms with Crippen LogP contribution in [0.3, 0.4) is 0 Å². The van der Waals surface area contributed by atoms with Crippen molar-refractivity contribution in [1.29, 1.82) is 0 Å². The number of nitrogens with zero attached hydrogens (tertiary/aromatic N) is 7. The molecule has 0 aliphatic carbocycles. The first-order chi connectivity index (χ1) is 15.8. The van der Waals surface area contributed by atoms with Crippen LogP contribution in [0.2, 0.25) is 0 Å². The Hall–Kier alpha value is -3.90. The van der Waals surface area contributed by atoms with E-state index in [1.165, 1.54) is 16.0 Å². The molecule has 5 heterocycles. The lowest BCUT2D eigenvalue weighted by Gasteiger charge is -2.38. The van der Waals surface area contributed by atoms with Crippen LogP contribution in [0, 0.1) is 5.82 Å². The highest BCUT2D eigenvalue weighted by Crippen LogP contribution is 2.33. The molecule has 1 aliphatic heterocycles. The van der Waals surface area contributed by atoms with Gasteiger partial charge in [-0.25, -0.2) is 27.2 Å². The lowest BCUT2D eigenvalue weighted by Crippen LogP contribution is -2.55. The highest BCUT2D eigenvalue weighted by Gasteiger charge is 2.45. The molecule has 2 N–H and O–H groups in total. The summed E-state index contributed by atoms with van der Waals surface area (Å²) in [6, 6.07) is 2.06. The number of imidazole rings is 1. The van der Waals surface area contributed by atoms with Crippen LogP contribution < -0.4 is 10.6 Å². The lowest BCUT2D eigenvalue weighted by atomic mass is 10.0.